The van der Waals surface area contributed by atoms with Gasteiger partial charge >= 0.3 is 232 Å². The second-order valence-electron chi connectivity index (χ2n) is 14.6. The quantitative estimate of drug-likeness (QED) is 0.330. The first-order valence-corrected chi connectivity index (χ1v) is 15.4. The Bertz CT molecular complexity index is 1170. The van der Waals surface area contributed by atoms with Crippen LogP contribution in [0.25, 0.3) is 0 Å². The van der Waals surface area contributed by atoms with Crippen LogP contribution in [0.3, 0.4) is 0 Å². The van der Waals surface area contributed by atoms with E-state index in [2.05, 4.69) is 107 Å². The molecule has 3 aromatic rings. The topological polar surface area (TPSA) is 38.7 Å². The summed E-state index contributed by atoms with van der Waals surface area (Å²) in [5, 5.41) is 0.666. The fourth-order valence-corrected chi connectivity index (χ4v) is 6.27. The fraction of sp³-hybridized carbons (Fsp3) is 0.471. The molecule has 4 heteroatoms. The first-order valence-electron chi connectivity index (χ1n) is 13.7. The van der Waals surface area contributed by atoms with E-state index in [-0.39, 0.29) is 21.7 Å². The van der Waals surface area contributed by atoms with Gasteiger partial charge in [-0.2, -0.15) is 0 Å². The summed E-state index contributed by atoms with van der Waals surface area (Å²) >= 11 is 0. The summed E-state index contributed by atoms with van der Waals surface area (Å²) in [6, 6.07) is 22.2. The summed E-state index contributed by atoms with van der Waals surface area (Å²) in [5.74, 6) is 1.32. The number of hydrogen-bond donors (Lipinski definition) is 1. The van der Waals surface area contributed by atoms with Crippen LogP contribution in [-0.2, 0) is 21.7 Å². The summed E-state index contributed by atoms with van der Waals surface area (Å²) in [4.78, 5) is 12.3. The molecule has 0 aliphatic rings. The molecule has 0 aliphatic carbocycles. The molecule has 0 bridgehead atoms. The fourth-order valence-electron chi connectivity index (χ4n) is 4.43. The third-order valence-electron chi connectivity index (χ3n) is 6.94. The van der Waals surface area contributed by atoms with Gasteiger partial charge < -0.3 is 0 Å². The molecule has 1 N–H and O–H groups in total. The van der Waals surface area contributed by atoms with Gasteiger partial charge in [-0.3, -0.25) is 0 Å². The summed E-state index contributed by atoms with van der Waals surface area (Å²) in [5.41, 5.74) is 4.18. The van der Waals surface area contributed by atoms with E-state index in [1.54, 1.807) is 0 Å². The monoisotopic (exact) mass is 536 g/mol. The van der Waals surface area contributed by atoms with Crippen LogP contribution in [0.2, 0.25) is 0 Å². The van der Waals surface area contributed by atoms with E-state index in [4.69, 9.17) is 9.05 Å². The second-order valence-corrected chi connectivity index (χ2v) is 16.7. The van der Waals surface area contributed by atoms with Crippen molar-refractivity contribution in [3.8, 4) is 11.5 Å². The van der Waals surface area contributed by atoms with Crippen LogP contribution < -0.4 is 14.4 Å². The minimum atomic E-state index is -3.95. The molecule has 0 saturated carbocycles. The Morgan fingerprint density at radius 3 is 1.18 bits per heavy atom. The van der Waals surface area contributed by atoms with Crippen molar-refractivity contribution >= 4 is 13.2 Å². The van der Waals surface area contributed by atoms with Crippen molar-refractivity contribution in [1.29, 1.82) is 0 Å². The summed E-state index contributed by atoms with van der Waals surface area (Å²) in [7, 11) is -3.95. The minimum absolute atomic E-state index is 0.00139. The maximum atomic E-state index is 12.3. The van der Waals surface area contributed by atoms with E-state index in [1.165, 1.54) is 11.1 Å². The number of hydrogen-bond acceptors (Lipinski definition) is 3. The Hall–Kier alpha value is -2.35. The number of benzene rings is 3. The van der Waals surface area contributed by atoms with Crippen LogP contribution in [-0.4, -0.2) is 4.89 Å². The van der Waals surface area contributed by atoms with Crippen molar-refractivity contribution in [2.24, 2.45) is 0 Å². The predicted octanol–water partition coefficient (Wildman–Crippen LogP) is 9.15. The van der Waals surface area contributed by atoms with Gasteiger partial charge in [-0.1, -0.05) is 0 Å². The molecule has 3 nitrogen and oxygen atoms in total. The van der Waals surface area contributed by atoms with Gasteiger partial charge in [0.1, 0.15) is 0 Å². The molecule has 0 saturated heterocycles. The van der Waals surface area contributed by atoms with Gasteiger partial charge in [-0.05, 0) is 0 Å². The molecule has 0 aromatic heterocycles. The molecule has 208 valence electrons. The molecule has 0 spiro atoms. The zero-order valence-corrected chi connectivity index (χ0v) is 26.6. The molecule has 0 atom stereocenters. The van der Waals surface area contributed by atoms with E-state index in [1.807, 2.05) is 42.5 Å². The molecular formula is C34H49O3P. The van der Waals surface area contributed by atoms with Crippen LogP contribution in [0.5, 0.6) is 11.5 Å². The van der Waals surface area contributed by atoms with Crippen LogP contribution >= 0.6 is 7.94 Å². The van der Waals surface area contributed by atoms with Crippen molar-refractivity contribution in [3.05, 3.63) is 89.0 Å². The van der Waals surface area contributed by atoms with Gasteiger partial charge in [0.25, 0.3) is 0 Å². The SMILES string of the molecule is CC(C)(C)c1ccc(O[PH](O)(Oc2ccc(C(C)(C)C)cc2C(C)(C)C)c2ccccc2)c(C(C)(C)C)c1. The zero-order chi connectivity index (χ0) is 28.7. The van der Waals surface area contributed by atoms with E-state index in [0.717, 1.165) is 11.1 Å². The van der Waals surface area contributed by atoms with Crippen molar-refractivity contribution < 1.29 is 13.9 Å². The number of rotatable bonds is 5. The average Bonchev–Trinajstić information content (AvgIpc) is 2.77. The van der Waals surface area contributed by atoms with Gasteiger partial charge in [-0.25, -0.2) is 0 Å². The molecule has 0 aliphatic heterocycles. The first kappa shape index (κ1) is 30.2. The zero-order valence-electron chi connectivity index (χ0n) is 25.6. The Kier molecular flexibility index (Phi) is 8.20. The molecule has 0 fully saturated rings. The van der Waals surface area contributed by atoms with Gasteiger partial charge in [0.2, 0.25) is 0 Å². The molecule has 0 amide bonds. The Morgan fingerprint density at radius 1 is 0.500 bits per heavy atom. The second kappa shape index (κ2) is 10.3. The molecule has 3 aromatic carbocycles. The van der Waals surface area contributed by atoms with E-state index >= 15 is 0 Å². The van der Waals surface area contributed by atoms with Gasteiger partial charge in [-0.15, -0.1) is 0 Å². The third-order valence-corrected chi connectivity index (χ3v) is 9.00. The van der Waals surface area contributed by atoms with E-state index < -0.39 is 7.94 Å². The van der Waals surface area contributed by atoms with Gasteiger partial charge in [0.05, 0.1) is 0 Å². The Balaban J connectivity index is 2.19. The Morgan fingerprint density at radius 2 is 0.868 bits per heavy atom. The standard InChI is InChI=1S/C34H49O3P/c1-31(2,3)24-18-20-29(27(22-24)33(7,8)9)36-38(35,26-16-14-13-15-17-26)37-30-21-19-25(32(4,5)6)23-28(30)34(10,11)12/h13-23,35,38H,1-12H3. The molecule has 38 heavy (non-hydrogen) atoms. The predicted molar refractivity (Wildman–Crippen MR) is 166 cm³/mol. The van der Waals surface area contributed by atoms with Crippen molar-refractivity contribution in [2.75, 3.05) is 0 Å². The van der Waals surface area contributed by atoms with Crippen LogP contribution in [0.1, 0.15) is 105 Å². The van der Waals surface area contributed by atoms with Gasteiger partial charge in [0.15, 0.2) is 0 Å². The summed E-state index contributed by atoms with van der Waals surface area (Å²) in [6.07, 6.45) is 0. The average molecular weight is 537 g/mol. The first-order chi connectivity index (χ1) is 17.2. The maximum absolute atomic E-state index is 12.3. The van der Waals surface area contributed by atoms with Crippen molar-refractivity contribution in [2.45, 2.75) is 105 Å². The van der Waals surface area contributed by atoms with Crippen molar-refractivity contribution in [3.63, 3.8) is 0 Å². The molecule has 0 heterocycles. The van der Waals surface area contributed by atoms with Crippen LogP contribution in [0.15, 0.2) is 66.7 Å². The molecular weight excluding hydrogens is 487 g/mol. The van der Waals surface area contributed by atoms with E-state index in [9.17, 15) is 4.89 Å². The van der Waals surface area contributed by atoms with Gasteiger partial charge in [0, 0.05) is 0 Å². The van der Waals surface area contributed by atoms with Crippen LogP contribution in [0.4, 0.5) is 0 Å². The third kappa shape index (κ3) is 6.99. The molecule has 0 radical (unpaired) electrons. The molecule has 0 unspecified atom stereocenters. The van der Waals surface area contributed by atoms with Crippen molar-refractivity contribution in [1.82, 2.24) is 0 Å². The van der Waals surface area contributed by atoms with Crippen LogP contribution in [0, 0.1) is 0 Å². The Labute approximate surface area is 232 Å². The summed E-state index contributed by atoms with van der Waals surface area (Å²) in [6.45, 7) is 26.3. The summed E-state index contributed by atoms with van der Waals surface area (Å²) < 4.78 is 13.3. The normalized spacial score (nSPS) is 13.8. The molecule has 3 rings (SSSR count). The van der Waals surface area contributed by atoms with E-state index in [0.29, 0.717) is 16.8 Å².